The van der Waals surface area contributed by atoms with Crippen LogP contribution in [-0.2, 0) is 13.1 Å². The molecule has 2 heterocycles. The summed E-state index contributed by atoms with van der Waals surface area (Å²) in [5, 5.41) is 11.6. The maximum absolute atomic E-state index is 13.1. The molecule has 0 atom stereocenters. The van der Waals surface area contributed by atoms with Gasteiger partial charge in [0.25, 0.3) is 5.91 Å². The molecule has 0 spiro atoms. The Balaban J connectivity index is 1.41. The summed E-state index contributed by atoms with van der Waals surface area (Å²) in [6, 6.07) is 11.1. The highest BCUT2D eigenvalue weighted by molar-refractivity contribution is 6.31. The monoisotopic (exact) mass is 454 g/mol. The first kappa shape index (κ1) is 21.5. The van der Waals surface area contributed by atoms with E-state index in [0.29, 0.717) is 47.4 Å². The third kappa shape index (κ3) is 4.78. The molecular weight excluding hydrogens is 435 g/mol. The van der Waals surface area contributed by atoms with E-state index in [9.17, 15) is 9.18 Å². The smallest absolute Gasteiger partial charge is 0.255 e. The van der Waals surface area contributed by atoms with E-state index in [4.69, 9.17) is 16.3 Å². The number of halogens is 2. The van der Waals surface area contributed by atoms with Crippen LogP contribution >= 0.6 is 11.6 Å². The fraction of sp³-hybridized carbons (Fsp3) is 0.182. The fourth-order valence-corrected chi connectivity index (χ4v) is 3.39. The maximum Gasteiger partial charge on any atom is 0.255 e. The van der Waals surface area contributed by atoms with Crippen LogP contribution < -0.4 is 15.4 Å². The summed E-state index contributed by atoms with van der Waals surface area (Å²) < 4.78 is 20.0. The SMILES string of the molecule is COc1ccc(Cl)cc1C(=O)NCCn1ncc2c(NCc3ccc(F)cc3)ncnc21. The predicted octanol–water partition coefficient (Wildman–Crippen LogP) is 3.67. The number of rotatable bonds is 8. The maximum atomic E-state index is 13.1. The van der Waals surface area contributed by atoms with Crippen molar-refractivity contribution in [2.24, 2.45) is 0 Å². The summed E-state index contributed by atoms with van der Waals surface area (Å²) in [7, 11) is 1.50. The molecular formula is C22H20ClFN6O2. The number of anilines is 1. The molecule has 0 aliphatic heterocycles. The van der Waals surface area contributed by atoms with Crippen molar-refractivity contribution in [3.63, 3.8) is 0 Å². The van der Waals surface area contributed by atoms with Gasteiger partial charge in [-0.3, -0.25) is 4.79 Å². The van der Waals surface area contributed by atoms with E-state index in [1.807, 2.05) is 0 Å². The van der Waals surface area contributed by atoms with Crippen molar-refractivity contribution in [2.45, 2.75) is 13.1 Å². The first-order valence-corrected chi connectivity index (χ1v) is 10.2. The highest BCUT2D eigenvalue weighted by atomic mass is 35.5. The van der Waals surface area contributed by atoms with Crippen LogP contribution in [0, 0.1) is 5.82 Å². The van der Waals surface area contributed by atoms with Gasteiger partial charge in [-0.15, -0.1) is 0 Å². The van der Waals surface area contributed by atoms with Crippen molar-refractivity contribution in [1.29, 1.82) is 0 Å². The molecule has 2 N–H and O–H groups in total. The van der Waals surface area contributed by atoms with Gasteiger partial charge in [0.05, 0.1) is 30.8 Å². The number of amides is 1. The Morgan fingerprint density at radius 3 is 2.78 bits per heavy atom. The number of hydrogen-bond acceptors (Lipinski definition) is 6. The molecule has 0 bridgehead atoms. The number of nitrogens with zero attached hydrogens (tertiary/aromatic N) is 4. The van der Waals surface area contributed by atoms with Gasteiger partial charge in [0, 0.05) is 18.1 Å². The van der Waals surface area contributed by atoms with E-state index in [2.05, 4.69) is 25.7 Å². The summed E-state index contributed by atoms with van der Waals surface area (Å²) >= 11 is 6.00. The molecule has 0 unspecified atom stereocenters. The fourth-order valence-electron chi connectivity index (χ4n) is 3.21. The van der Waals surface area contributed by atoms with Crippen LogP contribution in [0.5, 0.6) is 5.75 Å². The summed E-state index contributed by atoms with van der Waals surface area (Å²) in [5.41, 5.74) is 1.92. The zero-order valence-corrected chi connectivity index (χ0v) is 17.9. The molecule has 1 amide bonds. The summed E-state index contributed by atoms with van der Waals surface area (Å²) in [6.07, 6.45) is 3.12. The van der Waals surface area contributed by atoms with Crippen molar-refractivity contribution in [3.8, 4) is 5.75 Å². The van der Waals surface area contributed by atoms with Gasteiger partial charge in [-0.25, -0.2) is 19.0 Å². The lowest BCUT2D eigenvalue weighted by molar-refractivity contribution is 0.0949. The molecule has 4 aromatic rings. The number of nitrogens with one attached hydrogen (secondary N) is 2. The van der Waals surface area contributed by atoms with E-state index in [0.717, 1.165) is 10.9 Å². The Morgan fingerprint density at radius 2 is 2.00 bits per heavy atom. The van der Waals surface area contributed by atoms with Gasteiger partial charge in [0.2, 0.25) is 0 Å². The van der Waals surface area contributed by atoms with E-state index in [1.54, 1.807) is 41.2 Å². The minimum absolute atomic E-state index is 0.277. The van der Waals surface area contributed by atoms with Crippen molar-refractivity contribution in [3.05, 3.63) is 77.0 Å². The minimum Gasteiger partial charge on any atom is -0.496 e. The lowest BCUT2D eigenvalue weighted by Crippen LogP contribution is -2.28. The molecule has 0 aliphatic carbocycles. The van der Waals surface area contributed by atoms with Crippen molar-refractivity contribution >= 4 is 34.4 Å². The van der Waals surface area contributed by atoms with E-state index < -0.39 is 0 Å². The molecule has 0 radical (unpaired) electrons. The first-order chi connectivity index (χ1) is 15.5. The summed E-state index contributed by atoms with van der Waals surface area (Å²) in [6.45, 7) is 1.22. The second-order valence-electron chi connectivity index (χ2n) is 6.91. The number of benzene rings is 2. The largest absolute Gasteiger partial charge is 0.496 e. The average molecular weight is 455 g/mol. The van der Waals surface area contributed by atoms with Gasteiger partial charge in [0.1, 0.15) is 23.7 Å². The molecule has 2 aromatic heterocycles. The Kier molecular flexibility index (Phi) is 6.46. The van der Waals surface area contributed by atoms with Gasteiger partial charge >= 0.3 is 0 Å². The molecule has 10 heteroatoms. The van der Waals surface area contributed by atoms with Gasteiger partial charge in [-0.05, 0) is 35.9 Å². The van der Waals surface area contributed by atoms with E-state index >= 15 is 0 Å². The van der Waals surface area contributed by atoms with Crippen molar-refractivity contribution in [1.82, 2.24) is 25.1 Å². The molecule has 8 nitrogen and oxygen atoms in total. The van der Waals surface area contributed by atoms with E-state index in [1.165, 1.54) is 25.6 Å². The van der Waals surface area contributed by atoms with Crippen LogP contribution in [0.3, 0.4) is 0 Å². The highest BCUT2D eigenvalue weighted by Crippen LogP contribution is 2.22. The first-order valence-electron chi connectivity index (χ1n) is 9.81. The van der Waals surface area contributed by atoms with Crippen LogP contribution in [-0.4, -0.2) is 39.3 Å². The number of fused-ring (bicyclic) bond motifs is 1. The third-order valence-electron chi connectivity index (χ3n) is 4.82. The number of carbonyl (C=O) groups is 1. The molecule has 164 valence electrons. The minimum atomic E-state index is -0.294. The normalized spacial score (nSPS) is 10.8. The lowest BCUT2D eigenvalue weighted by Gasteiger charge is -2.10. The summed E-state index contributed by atoms with van der Waals surface area (Å²) in [5.74, 6) is 0.497. The Bertz CT molecular complexity index is 1250. The van der Waals surface area contributed by atoms with Gasteiger partial charge in [-0.1, -0.05) is 23.7 Å². The van der Waals surface area contributed by atoms with Gasteiger partial charge < -0.3 is 15.4 Å². The quantitative estimate of drug-likeness (QED) is 0.422. The lowest BCUT2D eigenvalue weighted by atomic mass is 10.2. The number of ether oxygens (including phenoxy) is 1. The predicted molar refractivity (Wildman–Crippen MR) is 119 cm³/mol. The summed E-state index contributed by atoms with van der Waals surface area (Å²) in [4.78, 5) is 21.1. The number of carbonyl (C=O) groups excluding carboxylic acids is 1. The number of methoxy groups -OCH3 is 1. The Hall–Kier alpha value is -3.72. The van der Waals surface area contributed by atoms with Crippen LogP contribution in [0.25, 0.3) is 11.0 Å². The molecule has 2 aromatic carbocycles. The van der Waals surface area contributed by atoms with Gasteiger partial charge in [0.15, 0.2) is 5.65 Å². The number of hydrogen-bond donors (Lipinski definition) is 2. The molecule has 32 heavy (non-hydrogen) atoms. The zero-order valence-electron chi connectivity index (χ0n) is 17.2. The average Bonchev–Trinajstić information content (AvgIpc) is 3.22. The van der Waals surface area contributed by atoms with E-state index in [-0.39, 0.29) is 11.7 Å². The molecule has 4 rings (SSSR count). The second-order valence-corrected chi connectivity index (χ2v) is 7.34. The number of aromatic nitrogens is 4. The van der Waals surface area contributed by atoms with Gasteiger partial charge in [-0.2, -0.15) is 5.10 Å². The van der Waals surface area contributed by atoms with Crippen LogP contribution in [0.1, 0.15) is 15.9 Å². The highest BCUT2D eigenvalue weighted by Gasteiger charge is 2.14. The Labute approximate surface area is 188 Å². The molecule has 0 saturated heterocycles. The van der Waals surface area contributed by atoms with Crippen LogP contribution in [0.4, 0.5) is 10.2 Å². The second kappa shape index (κ2) is 9.61. The molecule has 0 saturated carbocycles. The topological polar surface area (TPSA) is 94.0 Å². The molecule has 0 aliphatic rings. The van der Waals surface area contributed by atoms with Crippen molar-refractivity contribution < 1.29 is 13.9 Å². The molecule has 0 fully saturated rings. The third-order valence-corrected chi connectivity index (χ3v) is 5.06. The standard InChI is InChI=1S/C22H20ClFN6O2/c1-32-19-7-4-15(23)10-17(19)22(31)25-8-9-30-21-18(12-29-30)20(27-13-28-21)26-11-14-2-5-16(24)6-3-14/h2-7,10,12-13H,8-9,11H2,1H3,(H,25,31)(H,26,27,28). The van der Waals surface area contributed by atoms with Crippen LogP contribution in [0.15, 0.2) is 55.0 Å². The zero-order chi connectivity index (χ0) is 22.5. The van der Waals surface area contributed by atoms with Crippen molar-refractivity contribution in [2.75, 3.05) is 19.0 Å². The van der Waals surface area contributed by atoms with Crippen LogP contribution in [0.2, 0.25) is 5.02 Å². The Morgan fingerprint density at radius 1 is 1.19 bits per heavy atom.